The number of piperazine rings is 1. The van der Waals surface area contributed by atoms with Crippen LogP contribution in [0.3, 0.4) is 0 Å². The minimum atomic E-state index is -0.627. The summed E-state index contributed by atoms with van der Waals surface area (Å²) in [5.41, 5.74) is 1.68. The standard InChI is InChI=1S/C29H35F2N7OS/c1-19(2)38-18-29(8-4-5-9-29)39-27-22(30)14-20(15-24(27)38)26-23(31)17-33-28(35-26)34-25-7-6-21(16-32-25)36-10-12-37(40-3)13-11-36/h6-7,14-17,19H,4-5,8-13,18H2,1-3H3,(H,32,33,34,35). The van der Waals surface area contributed by atoms with Crippen LogP contribution < -0.4 is 19.9 Å². The molecule has 4 heterocycles. The number of hydrogen-bond acceptors (Lipinski definition) is 9. The van der Waals surface area contributed by atoms with Gasteiger partial charge in [-0.05, 0) is 70.1 Å². The van der Waals surface area contributed by atoms with Crippen molar-refractivity contribution in [2.24, 2.45) is 0 Å². The van der Waals surface area contributed by atoms with Crippen molar-refractivity contribution in [3.05, 3.63) is 48.3 Å². The minimum absolute atomic E-state index is 0.0207. The summed E-state index contributed by atoms with van der Waals surface area (Å²) in [5.74, 6) is -0.158. The largest absolute Gasteiger partial charge is 0.480 e. The Morgan fingerprint density at radius 2 is 1.77 bits per heavy atom. The van der Waals surface area contributed by atoms with Crippen LogP contribution in [0.2, 0.25) is 0 Å². The molecule has 0 bridgehead atoms. The van der Waals surface area contributed by atoms with E-state index in [0.29, 0.717) is 23.6 Å². The summed E-state index contributed by atoms with van der Waals surface area (Å²) in [6.45, 7) is 8.73. The number of halogens is 2. The van der Waals surface area contributed by atoms with Gasteiger partial charge in [0.05, 0.1) is 30.3 Å². The first-order chi connectivity index (χ1) is 19.3. The zero-order chi connectivity index (χ0) is 27.9. The molecule has 2 aromatic heterocycles. The normalized spacial score (nSPS) is 18.8. The van der Waals surface area contributed by atoms with Crippen LogP contribution in [0.1, 0.15) is 39.5 Å². The third kappa shape index (κ3) is 5.28. The van der Waals surface area contributed by atoms with Crippen molar-refractivity contribution >= 4 is 35.1 Å². The molecule has 8 nitrogen and oxygen atoms in total. The summed E-state index contributed by atoms with van der Waals surface area (Å²) in [6, 6.07) is 7.08. The van der Waals surface area contributed by atoms with Crippen LogP contribution in [-0.4, -0.2) is 69.9 Å². The Labute approximate surface area is 238 Å². The second-order valence-corrected chi connectivity index (χ2v) is 11.9. The van der Waals surface area contributed by atoms with Crippen molar-refractivity contribution in [1.29, 1.82) is 0 Å². The van der Waals surface area contributed by atoms with Gasteiger partial charge in [0.1, 0.15) is 17.1 Å². The van der Waals surface area contributed by atoms with Crippen molar-refractivity contribution in [3.8, 4) is 17.0 Å². The molecule has 3 aromatic rings. The molecular weight excluding hydrogens is 532 g/mol. The van der Waals surface area contributed by atoms with Crippen LogP contribution in [0.25, 0.3) is 11.3 Å². The number of nitrogens with zero attached hydrogens (tertiary/aromatic N) is 6. The summed E-state index contributed by atoms with van der Waals surface area (Å²) in [6.07, 6.45) is 9.00. The Morgan fingerprint density at radius 3 is 2.45 bits per heavy atom. The van der Waals surface area contributed by atoms with Gasteiger partial charge in [-0.1, -0.05) is 11.9 Å². The number of rotatable bonds is 6. The van der Waals surface area contributed by atoms with Crippen LogP contribution in [0.15, 0.2) is 36.7 Å². The zero-order valence-corrected chi connectivity index (χ0v) is 24.0. The Kier molecular flexibility index (Phi) is 7.43. The first kappa shape index (κ1) is 27.0. The molecule has 2 fully saturated rings. The highest BCUT2D eigenvalue weighted by molar-refractivity contribution is 7.96. The molecule has 0 radical (unpaired) electrons. The van der Waals surface area contributed by atoms with Gasteiger partial charge in [0.25, 0.3) is 0 Å². The van der Waals surface area contributed by atoms with Crippen molar-refractivity contribution in [1.82, 2.24) is 19.3 Å². The smallest absolute Gasteiger partial charge is 0.229 e. The number of fused-ring (bicyclic) bond motifs is 1. The van der Waals surface area contributed by atoms with Gasteiger partial charge in [-0.15, -0.1) is 0 Å². The molecule has 0 atom stereocenters. The maximum Gasteiger partial charge on any atom is 0.229 e. The SMILES string of the molecule is CSN1CCN(c2ccc(Nc3ncc(F)c(-c4cc(F)c5c(c4)N(C(C)C)CC4(CCCC4)O5)n3)nc2)CC1. The molecule has 212 valence electrons. The van der Waals surface area contributed by atoms with E-state index in [1.165, 1.54) is 6.07 Å². The predicted molar refractivity (Wildman–Crippen MR) is 157 cm³/mol. The maximum atomic E-state index is 15.6. The molecule has 11 heteroatoms. The van der Waals surface area contributed by atoms with E-state index in [2.05, 4.69) is 54.5 Å². The summed E-state index contributed by atoms with van der Waals surface area (Å²) in [4.78, 5) is 17.5. The average Bonchev–Trinajstić information content (AvgIpc) is 3.42. The molecule has 1 aromatic carbocycles. The molecule has 0 amide bonds. The number of pyridine rings is 1. The fourth-order valence-electron chi connectivity index (χ4n) is 5.93. The molecule has 6 rings (SSSR count). The van der Waals surface area contributed by atoms with E-state index in [0.717, 1.165) is 63.7 Å². The summed E-state index contributed by atoms with van der Waals surface area (Å²) in [7, 11) is 0. The Bertz CT molecular complexity index is 1360. The van der Waals surface area contributed by atoms with E-state index >= 15 is 8.78 Å². The minimum Gasteiger partial charge on any atom is -0.480 e. The second-order valence-electron chi connectivity index (χ2n) is 11.0. The average molecular weight is 568 g/mol. The van der Waals surface area contributed by atoms with Gasteiger partial charge < -0.3 is 19.9 Å². The molecule has 1 saturated heterocycles. The van der Waals surface area contributed by atoms with Crippen LogP contribution in [0.4, 0.5) is 31.9 Å². The maximum absolute atomic E-state index is 15.6. The van der Waals surface area contributed by atoms with Crippen molar-refractivity contribution in [3.63, 3.8) is 0 Å². The van der Waals surface area contributed by atoms with Crippen molar-refractivity contribution < 1.29 is 13.5 Å². The van der Waals surface area contributed by atoms with Crippen LogP contribution in [0, 0.1) is 11.6 Å². The molecule has 3 aliphatic rings. The molecule has 40 heavy (non-hydrogen) atoms. The van der Waals surface area contributed by atoms with E-state index in [4.69, 9.17) is 4.74 Å². The van der Waals surface area contributed by atoms with E-state index in [9.17, 15) is 0 Å². The Balaban J connectivity index is 1.24. The van der Waals surface area contributed by atoms with E-state index in [-0.39, 0.29) is 29.0 Å². The lowest BCUT2D eigenvalue weighted by atomic mass is 9.96. The first-order valence-corrected chi connectivity index (χ1v) is 15.1. The summed E-state index contributed by atoms with van der Waals surface area (Å²) < 4.78 is 39.2. The molecule has 2 aliphatic heterocycles. The fourth-order valence-corrected chi connectivity index (χ4v) is 6.46. The summed E-state index contributed by atoms with van der Waals surface area (Å²) in [5, 5.41) is 3.07. The van der Waals surface area contributed by atoms with Crippen molar-refractivity contribution in [2.45, 2.75) is 51.2 Å². The number of aromatic nitrogens is 3. The first-order valence-electron chi connectivity index (χ1n) is 13.9. The molecule has 0 unspecified atom stereocenters. The lowest BCUT2D eigenvalue weighted by Gasteiger charge is -2.45. The summed E-state index contributed by atoms with van der Waals surface area (Å²) >= 11 is 1.77. The highest BCUT2D eigenvalue weighted by Gasteiger charge is 2.44. The van der Waals surface area contributed by atoms with Crippen LogP contribution in [-0.2, 0) is 0 Å². The fraction of sp³-hybridized carbons (Fsp3) is 0.483. The topological polar surface area (TPSA) is 69.7 Å². The quantitative estimate of drug-likeness (QED) is 0.368. The molecule has 1 spiro atoms. The lowest BCUT2D eigenvalue weighted by molar-refractivity contribution is 0.0659. The van der Waals surface area contributed by atoms with E-state index < -0.39 is 11.6 Å². The van der Waals surface area contributed by atoms with Gasteiger partial charge in [-0.2, -0.15) is 0 Å². The highest BCUT2D eigenvalue weighted by atomic mass is 32.2. The number of hydrogen-bond donors (Lipinski definition) is 1. The predicted octanol–water partition coefficient (Wildman–Crippen LogP) is 5.88. The second kappa shape index (κ2) is 11.0. The number of anilines is 4. The van der Waals surface area contributed by atoms with Gasteiger partial charge >= 0.3 is 0 Å². The van der Waals surface area contributed by atoms with E-state index in [1.54, 1.807) is 18.0 Å². The molecule has 1 aliphatic carbocycles. The zero-order valence-electron chi connectivity index (χ0n) is 23.2. The molecular formula is C29H35F2N7OS. The van der Waals surface area contributed by atoms with Gasteiger partial charge in [0, 0.05) is 37.8 Å². The molecule has 1 N–H and O–H groups in total. The van der Waals surface area contributed by atoms with Crippen molar-refractivity contribution in [2.75, 3.05) is 54.1 Å². The lowest BCUT2D eigenvalue weighted by Crippen LogP contribution is -2.51. The number of benzene rings is 1. The third-order valence-corrected chi connectivity index (χ3v) is 9.00. The van der Waals surface area contributed by atoms with Gasteiger partial charge in [0.15, 0.2) is 17.4 Å². The van der Waals surface area contributed by atoms with Crippen LogP contribution >= 0.6 is 11.9 Å². The monoisotopic (exact) mass is 567 g/mol. The van der Waals surface area contributed by atoms with Crippen LogP contribution in [0.5, 0.6) is 5.75 Å². The van der Waals surface area contributed by atoms with E-state index in [1.807, 2.05) is 18.3 Å². The number of nitrogens with one attached hydrogen (secondary N) is 1. The highest BCUT2D eigenvalue weighted by Crippen LogP contribution is 2.47. The Hall–Kier alpha value is -3.18. The third-order valence-electron chi connectivity index (χ3n) is 8.12. The van der Waals surface area contributed by atoms with Gasteiger partial charge in [-0.3, -0.25) is 0 Å². The van der Waals surface area contributed by atoms with Gasteiger partial charge in [-0.25, -0.2) is 28.0 Å². The van der Waals surface area contributed by atoms with Gasteiger partial charge in [0.2, 0.25) is 5.95 Å². The molecule has 1 saturated carbocycles. The Morgan fingerprint density at radius 1 is 1.00 bits per heavy atom. The number of ether oxygens (including phenoxy) is 1.